The lowest BCUT2D eigenvalue weighted by atomic mass is 10.1. The van der Waals surface area contributed by atoms with E-state index < -0.39 is 0 Å². The minimum Gasteiger partial charge on any atom is -0.489 e. The number of furan rings is 1. The van der Waals surface area contributed by atoms with Crippen molar-refractivity contribution in [2.24, 2.45) is 0 Å². The summed E-state index contributed by atoms with van der Waals surface area (Å²) < 4.78 is 17.5. The molecule has 1 aliphatic rings. The number of amides is 1. The number of para-hydroxylation sites is 2. The number of rotatable bonds is 8. The number of thiophene rings is 1. The van der Waals surface area contributed by atoms with Crippen LogP contribution < -0.4 is 10.1 Å². The SMILES string of the molecule is O=C(NC[C@H](c1cccs1)N1CCOCC1)c1oc2ccccc2c1COc1ccccc1. The molecule has 2 aromatic heterocycles. The highest BCUT2D eigenvalue weighted by atomic mass is 32.1. The topological polar surface area (TPSA) is 63.9 Å². The zero-order valence-corrected chi connectivity index (χ0v) is 19.1. The summed E-state index contributed by atoms with van der Waals surface area (Å²) in [5.41, 5.74) is 1.43. The molecule has 0 aliphatic carbocycles. The summed E-state index contributed by atoms with van der Waals surface area (Å²) >= 11 is 1.71. The summed E-state index contributed by atoms with van der Waals surface area (Å²) in [6, 6.07) is 21.5. The lowest BCUT2D eigenvalue weighted by Crippen LogP contribution is -2.43. The largest absolute Gasteiger partial charge is 0.489 e. The van der Waals surface area contributed by atoms with Crippen molar-refractivity contribution in [1.29, 1.82) is 0 Å². The normalized spacial score (nSPS) is 15.4. The minimum atomic E-state index is -0.229. The molecule has 7 heteroatoms. The predicted octanol–water partition coefficient (Wildman–Crippen LogP) is 4.88. The molecule has 1 saturated heterocycles. The summed E-state index contributed by atoms with van der Waals surface area (Å²) in [4.78, 5) is 16.9. The highest BCUT2D eigenvalue weighted by molar-refractivity contribution is 7.10. The van der Waals surface area contributed by atoms with Gasteiger partial charge in [0, 0.05) is 35.5 Å². The highest BCUT2D eigenvalue weighted by Gasteiger charge is 2.26. The van der Waals surface area contributed by atoms with Gasteiger partial charge in [-0.1, -0.05) is 42.5 Å². The number of benzene rings is 2. The fraction of sp³-hybridized carbons (Fsp3) is 0.269. The van der Waals surface area contributed by atoms with E-state index in [9.17, 15) is 4.79 Å². The Bertz CT molecular complexity index is 1180. The van der Waals surface area contributed by atoms with Crippen LogP contribution >= 0.6 is 11.3 Å². The van der Waals surface area contributed by atoms with Crippen LogP contribution in [0.15, 0.2) is 76.5 Å². The first-order valence-electron chi connectivity index (χ1n) is 11.1. The first-order chi connectivity index (χ1) is 16.3. The van der Waals surface area contributed by atoms with Crippen LogP contribution in [0.25, 0.3) is 11.0 Å². The number of ether oxygens (including phenoxy) is 2. The van der Waals surface area contributed by atoms with Crippen molar-refractivity contribution in [3.05, 3.63) is 88.3 Å². The van der Waals surface area contributed by atoms with Crippen molar-refractivity contribution in [2.45, 2.75) is 12.6 Å². The fourth-order valence-corrected chi connectivity index (χ4v) is 5.01. The Morgan fingerprint density at radius 3 is 2.61 bits per heavy atom. The Hall–Kier alpha value is -3.13. The summed E-state index contributed by atoms with van der Waals surface area (Å²) in [6.45, 7) is 3.86. The molecular formula is C26H26N2O4S. The summed E-state index contributed by atoms with van der Waals surface area (Å²) in [7, 11) is 0. The summed E-state index contributed by atoms with van der Waals surface area (Å²) in [5.74, 6) is 0.825. The van der Waals surface area contributed by atoms with Gasteiger partial charge in [-0.05, 0) is 29.6 Å². The van der Waals surface area contributed by atoms with E-state index in [1.165, 1.54) is 4.88 Å². The zero-order chi connectivity index (χ0) is 22.5. The van der Waals surface area contributed by atoms with E-state index >= 15 is 0 Å². The van der Waals surface area contributed by atoms with Gasteiger partial charge in [0.2, 0.25) is 0 Å². The Kier molecular flexibility index (Phi) is 6.71. The van der Waals surface area contributed by atoms with E-state index in [-0.39, 0.29) is 18.6 Å². The molecule has 0 radical (unpaired) electrons. The highest BCUT2D eigenvalue weighted by Crippen LogP contribution is 2.29. The fourth-order valence-electron chi connectivity index (χ4n) is 4.15. The molecule has 0 unspecified atom stereocenters. The molecule has 3 heterocycles. The van der Waals surface area contributed by atoms with Gasteiger partial charge < -0.3 is 19.2 Å². The third kappa shape index (κ3) is 4.95. The molecule has 0 spiro atoms. The predicted molar refractivity (Wildman–Crippen MR) is 129 cm³/mol. The summed E-state index contributed by atoms with van der Waals surface area (Å²) in [6.07, 6.45) is 0. The van der Waals surface area contributed by atoms with Crippen LogP contribution in [0.1, 0.15) is 27.0 Å². The molecule has 1 atom stereocenters. The van der Waals surface area contributed by atoms with Crippen molar-refractivity contribution >= 4 is 28.2 Å². The van der Waals surface area contributed by atoms with Gasteiger partial charge in [-0.2, -0.15) is 0 Å². The number of carbonyl (C=O) groups is 1. The standard InChI is InChI=1S/C26H26N2O4S/c29-26(27-17-22(24-11-6-16-33-24)28-12-14-30-15-13-28)25-21(18-31-19-7-2-1-3-8-19)20-9-4-5-10-23(20)32-25/h1-11,16,22H,12-15,17-18H2,(H,27,29)/t22-/m1/s1. The molecule has 5 rings (SSSR count). The van der Waals surface area contributed by atoms with Gasteiger partial charge in [-0.3, -0.25) is 9.69 Å². The van der Waals surface area contributed by atoms with E-state index in [0.717, 1.165) is 29.8 Å². The van der Waals surface area contributed by atoms with Gasteiger partial charge in [0.1, 0.15) is 17.9 Å². The van der Waals surface area contributed by atoms with Crippen LogP contribution in [0.4, 0.5) is 0 Å². The Morgan fingerprint density at radius 1 is 1.03 bits per heavy atom. The van der Waals surface area contributed by atoms with E-state index in [2.05, 4.69) is 21.7 Å². The van der Waals surface area contributed by atoms with Gasteiger partial charge in [0.15, 0.2) is 5.76 Å². The second-order valence-corrected chi connectivity index (χ2v) is 8.88. The monoisotopic (exact) mass is 462 g/mol. The van der Waals surface area contributed by atoms with Crippen LogP contribution in [0.5, 0.6) is 5.75 Å². The maximum atomic E-state index is 13.3. The molecule has 2 aromatic carbocycles. The van der Waals surface area contributed by atoms with Crippen molar-refractivity contribution in [3.8, 4) is 5.75 Å². The number of hydrogen-bond acceptors (Lipinski definition) is 6. The third-order valence-electron chi connectivity index (χ3n) is 5.84. The van der Waals surface area contributed by atoms with Crippen molar-refractivity contribution in [2.75, 3.05) is 32.8 Å². The van der Waals surface area contributed by atoms with Gasteiger partial charge in [-0.25, -0.2) is 0 Å². The van der Waals surface area contributed by atoms with Crippen molar-refractivity contribution < 1.29 is 18.7 Å². The number of nitrogens with zero attached hydrogens (tertiary/aromatic N) is 1. The molecule has 1 fully saturated rings. The van der Waals surface area contributed by atoms with Crippen LogP contribution in [-0.4, -0.2) is 43.7 Å². The second kappa shape index (κ2) is 10.2. The maximum Gasteiger partial charge on any atom is 0.287 e. The molecule has 1 aliphatic heterocycles. The van der Waals surface area contributed by atoms with Crippen molar-refractivity contribution in [1.82, 2.24) is 10.2 Å². The average molecular weight is 463 g/mol. The van der Waals surface area contributed by atoms with E-state index in [4.69, 9.17) is 13.9 Å². The Labute approximate surface area is 196 Å². The van der Waals surface area contributed by atoms with Gasteiger partial charge in [0.25, 0.3) is 5.91 Å². The van der Waals surface area contributed by atoms with Crippen LogP contribution in [-0.2, 0) is 11.3 Å². The van der Waals surface area contributed by atoms with Crippen molar-refractivity contribution in [3.63, 3.8) is 0 Å². The number of nitrogens with one attached hydrogen (secondary N) is 1. The van der Waals surface area contributed by atoms with Crippen LogP contribution in [0.2, 0.25) is 0 Å². The van der Waals surface area contributed by atoms with E-state index in [0.29, 0.717) is 31.1 Å². The molecule has 33 heavy (non-hydrogen) atoms. The lowest BCUT2D eigenvalue weighted by Gasteiger charge is -2.34. The first-order valence-corrected chi connectivity index (χ1v) is 12.0. The molecular weight excluding hydrogens is 436 g/mol. The van der Waals surface area contributed by atoms with Gasteiger partial charge in [-0.15, -0.1) is 11.3 Å². The maximum absolute atomic E-state index is 13.3. The first kappa shape index (κ1) is 21.7. The smallest absolute Gasteiger partial charge is 0.287 e. The number of fused-ring (bicyclic) bond motifs is 1. The van der Waals surface area contributed by atoms with Gasteiger partial charge in [0.05, 0.1) is 19.3 Å². The second-order valence-electron chi connectivity index (χ2n) is 7.90. The van der Waals surface area contributed by atoms with E-state index in [1.54, 1.807) is 11.3 Å². The molecule has 1 N–H and O–H groups in total. The molecule has 1 amide bonds. The zero-order valence-electron chi connectivity index (χ0n) is 18.2. The average Bonchev–Trinajstić information content (AvgIpc) is 3.52. The number of hydrogen-bond donors (Lipinski definition) is 1. The number of morpholine rings is 1. The number of carbonyl (C=O) groups excluding carboxylic acids is 1. The van der Waals surface area contributed by atoms with Gasteiger partial charge >= 0.3 is 0 Å². The minimum absolute atomic E-state index is 0.103. The third-order valence-corrected chi connectivity index (χ3v) is 6.82. The summed E-state index contributed by atoms with van der Waals surface area (Å²) in [5, 5.41) is 6.08. The Morgan fingerprint density at radius 2 is 1.82 bits per heavy atom. The quantitative estimate of drug-likeness (QED) is 0.405. The van der Waals surface area contributed by atoms with Crippen LogP contribution in [0, 0.1) is 0 Å². The molecule has 4 aromatic rings. The molecule has 0 bridgehead atoms. The lowest BCUT2D eigenvalue weighted by molar-refractivity contribution is 0.0168. The molecule has 170 valence electrons. The van der Waals surface area contributed by atoms with Crippen LogP contribution in [0.3, 0.4) is 0 Å². The molecule has 6 nitrogen and oxygen atoms in total. The van der Waals surface area contributed by atoms with E-state index in [1.807, 2.05) is 60.7 Å². The molecule has 0 saturated carbocycles. The Balaban J connectivity index is 1.36.